The lowest BCUT2D eigenvalue weighted by Crippen LogP contribution is -2.32. The van der Waals surface area contributed by atoms with E-state index in [0.717, 1.165) is 25.7 Å². The topological polar surface area (TPSA) is 114 Å². The number of fused-ring (bicyclic) bond motifs is 1. The predicted octanol–water partition coefficient (Wildman–Crippen LogP) is 2.63. The monoisotopic (exact) mass is 472 g/mol. The van der Waals surface area contributed by atoms with Gasteiger partial charge >= 0.3 is 5.76 Å². The van der Waals surface area contributed by atoms with Gasteiger partial charge in [-0.3, -0.25) is 9.36 Å². The summed E-state index contributed by atoms with van der Waals surface area (Å²) < 4.78 is 35.0. The molecule has 0 bridgehead atoms. The lowest BCUT2D eigenvalue weighted by atomic mass is 10.2. The number of rotatable bonds is 8. The van der Waals surface area contributed by atoms with Crippen molar-refractivity contribution in [3.63, 3.8) is 0 Å². The molecular weight excluding hydrogens is 444 g/mol. The van der Waals surface area contributed by atoms with E-state index in [4.69, 9.17) is 4.42 Å². The third-order valence-corrected chi connectivity index (χ3v) is 7.30. The van der Waals surface area contributed by atoms with Crippen molar-refractivity contribution in [1.82, 2.24) is 14.2 Å². The van der Waals surface area contributed by atoms with Crippen molar-refractivity contribution in [1.29, 1.82) is 0 Å². The third-order valence-electron chi connectivity index (χ3n) is 5.78. The number of nitrogens with zero attached hydrogens (tertiary/aromatic N) is 2. The van der Waals surface area contributed by atoms with E-state index < -0.39 is 21.7 Å². The van der Waals surface area contributed by atoms with Crippen LogP contribution in [0.3, 0.4) is 0 Å². The van der Waals surface area contributed by atoms with Crippen molar-refractivity contribution in [2.45, 2.75) is 43.2 Å². The summed E-state index contributed by atoms with van der Waals surface area (Å²) in [6.07, 6.45) is 3.68. The van der Waals surface area contributed by atoms with Gasteiger partial charge in [0, 0.05) is 30.4 Å². The Balaban J connectivity index is 1.54. The fourth-order valence-electron chi connectivity index (χ4n) is 3.99. The Bertz CT molecular complexity index is 1320. The highest BCUT2D eigenvalue weighted by Gasteiger charge is 2.23. The van der Waals surface area contributed by atoms with Crippen molar-refractivity contribution in [3.8, 4) is 0 Å². The van der Waals surface area contributed by atoms with Crippen LogP contribution < -0.4 is 15.8 Å². The van der Waals surface area contributed by atoms with Gasteiger partial charge in [-0.25, -0.2) is 17.9 Å². The summed E-state index contributed by atoms with van der Waals surface area (Å²) in [5.41, 5.74) is 1.71. The zero-order valence-corrected chi connectivity index (χ0v) is 19.5. The number of likely N-dealkylation sites (N-methyl/N-ethyl adjacent to an activating group) is 1. The Labute approximate surface area is 192 Å². The average Bonchev–Trinajstić information content (AvgIpc) is 3.38. The summed E-state index contributed by atoms with van der Waals surface area (Å²) in [6, 6.07) is 10.9. The van der Waals surface area contributed by atoms with E-state index in [-0.39, 0.29) is 16.5 Å². The molecule has 1 aliphatic carbocycles. The van der Waals surface area contributed by atoms with Gasteiger partial charge in [0.2, 0.25) is 10.0 Å². The van der Waals surface area contributed by atoms with Gasteiger partial charge in [0.25, 0.3) is 5.91 Å². The van der Waals surface area contributed by atoms with Gasteiger partial charge in [-0.15, -0.1) is 0 Å². The first-order chi connectivity index (χ1) is 15.7. The van der Waals surface area contributed by atoms with Crippen LogP contribution in [0.5, 0.6) is 0 Å². The van der Waals surface area contributed by atoms with Crippen LogP contribution in [-0.2, 0) is 16.6 Å². The predicted molar refractivity (Wildman–Crippen MR) is 126 cm³/mol. The SMILES string of the molecule is CN(C)CCn1c(=O)oc2ccc(NC(=O)c3cccc(S(=O)(=O)NC4CCCC4)c3)cc21. The molecule has 1 saturated carbocycles. The Hall–Kier alpha value is -2.95. The smallest absolute Gasteiger partial charge is 0.408 e. The number of anilines is 1. The molecule has 1 heterocycles. The minimum absolute atomic E-state index is 0.0562. The van der Waals surface area contributed by atoms with Gasteiger partial charge in [-0.1, -0.05) is 18.9 Å². The molecule has 0 spiro atoms. The number of sulfonamides is 1. The number of hydrogen-bond donors (Lipinski definition) is 2. The van der Waals surface area contributed by atoms with Crippen molar-refractivity contribution < 1.29 is 17.6 Å². The quantitative estimate of drug-likeness (QED) is 0.521. The maximum Gasteiger partial charge on any atom is 0.419 e. The maximum absolute atomic E-state index is 12.9. The molecule has 0 unspecified atom stereocenters. The zero-order valence-electron chi connectivity index (χ0n) is 18.7. The van der Waals surface area contributed by atoms with E-state index in [1.807, 2.05) is 19.0 Å². The average molecular weight is 473 g/mol. The largest absolute Gasteiger partial charge is 0.419 e. The van der Waals surface area contributed by atoms with Crippen LogP contribution in [0.2, 0.25) is 0 Å². The fourth-order valence-corrected chi connectivity index (χ4v) is 5.34. The Kier molecular flexibility index (Phi) is 6.68. The number of benzene rings is 2. The van der Waals surface area contributed by atoms with Crippen LogP contribution in [0, 0.1) is 0 Å². The molecule has 176 valence electrons. The van der Waals surface area contributed by atoms with E-state index in [0.29, 0.717) is 29.9 Å². The molecule has 1 aliphatic rings. The van der Waals surface area contributed by atoms with Gasteiger partial charge in [0.15, 0.2) is 5.58 Å². The van der Waals surface area contributed by atoms with Gasteiger partial charge in [-0.05, 0) is 63.3 Å². The van der Waals surface area contributed by atoms with Gasteiger partial charge in [-0.2, -0.15) is 0 Å². The molecular formula is C23H28N4O5S. The van der Waals surface area contributed by atoms with E-state index >= 15 is 0 Å². The highest BCUT2D eigenvalue weighted by atomic mass is 32.2. The molecule has 0 aliphatic heterocycles. The second-order valence-corrected chi connectivity index (χ2v) is 10.3. The molecule has 0 saturated heterocycles. The number of aromatic nitrogens is 1. The Morgan fingerprint density at radius 2 is 1.91 bits per heavy atom. The van der Waals surface area contributed by atoms with E-state index in [2.05, 4.69) is 10.0 Å². The maximum atomic E-state index is 12.9. The van der Waals surface area contributed by atoms with Crippen LogP contribution >= 0.6 is 0 Å². The first-order valence-electron chi connectivity index (χ1n) is 10.9. The number of oxazole rings is 1. The number of carbonyl (C=O) groups excluding carboxylic acids is 1. The summed E-state index contributed by atoms with van der Waals surface area (Å²) in [6.45, 7) is 1.10. The molecule has 33 heavy (non-hydrogen) atoms. The number of nitrogens with one attached hydrogen (secondary N) is 2. The Morgan fingerprint density at radius 1 is 1.15 bits per heavy atom. The summed E-state index contributed by atoms with van der Waals surface area (Å²) in [5, 5.41) is 2.78. The van der Waals surface area contributed by atoms with Crippen LogP contribution in [0.1, 0.15) is 36.0 Å². The molecule has 2 aromatic carbocycles. The van der Waals surface area contributed by atoms with Crippen LogP contribution in [0.15, 0.2) is 56.6 Å². The number of carbonyl (C=O) groups is 1. The fraction of sp³-hybridized carbons (Fsp3) is 0.391. The van der Waals surface area contributed by atoms with Gasteiger partial charge in [0.1, 0.15) is 0 Å². The number of amides is 1. The van der Waals surface area contributed by atoms with Crippen molar-refractivity contribution in [3.05, 3.63) is 58.6 Å². The molecule has 9 nitrogen and oxygen atoms in total. The molecule has 1 aromatic heterocycles. The van der Waals surface area contributed by atoms with Crippen molar-refractivity contribution >= 4 is 32.7 Å². The van der Waals surface area contributed by atoms with Crippen LogP contribution in [0.25, 0.3) is 11.1 Å². The summed E-state index contributed by atoms with van der Waals surface area (Å²) >= 11 is 0. The molecule has 0 radical (unpaired) electrons. The highest BCUT2D eigenvalue weighted by Crippen LogP contribution is 2.22. The molecule has 1 amide bonds. The zero-order chi connectivity index (χ0) is 23.6. The normalized spacial score (nSPS) is 14.9. The molecule has 1 fully saturated rings. The molecule has 10 heteroatoms. The molecule has 4 rings (SSSR count). The third kappa shape index (κ3) is 5.35. The first kappa shape index (κ1) is 23.2. The first-order valence-corrected chi connectivity index (χ1v) is 12.4. The van der Waals surface area contributed by atoms with E-state index in [1.54, 1.807) is 30.3 Å². The molecule has 3 aromatic rings. The highest BCUT2D eigenvalue weighted by molar-refractivity contribution is 7.89. The van der Waals surface area contributed by atoms with Crippen LogP contribution in [0.4, 0.5) is 5.69 Å². The molecule has 0 atom stereocenters. The lowest BCUT2D eigenvalue weighted by Gasteiger charge is -2.13. The second-order valence-electron chi connectivity index (χ2n) is 8.59. The Morgan fingerprint density at radius 3 is 2.64 bits per heavy atom. The summed E-state index contributed by atoms with van der Waals surface area (Å²) in [5.74, 6) is -0.902. The summed E-state index contributed by atoms with van der Waals surface area (Å²) in [7, 11) is 0.124. The van der Waals surface area contributed by atoms with E-state index in [1.165, 1.54) is 16.7 Å². The lowest BCUT2D eigenvalue weighted by molar-refractivity contribution is 0.102. The van der Waals surface area contributed by atoms with Crippen molar-refractivity contribution in [2.75, 3.05) is 26.0 Å². The minimum atomic E-state index is -3.70. The van der Waals surface area contributed by atoms with Crippen molar-refractivity contribution in [2.24, 2.45) is 0 Å². The second kappa shape index (κ2) is 9.50. The van der Waals surface area contributed by atoms with E-state index in [9.17, 15) is 18.0 Å². The van der Waals surface area contributed by atoms with Gasteiger partial charge in [0.05, 0.1) is 10.4 Å². The minimum Gasteiger partial charge on any atom is -0.408 e. The molecule has 2 N–H and O–H groups in total. The summed E-state index contributed by atoms with van der Waals surface area (Å²) in [4.78, 5) is 27.1. The number of hydrogen-bond acceptors (Lipinski definition) is 6. The standard InChI is InChI=1S/C23H28N4O5S/c1-26(2)12-13-27-20-15-18(10-11-21(20)32-23(27)29)24-22(28)16-6-5-9-19(14-16)33(30,31)25-17-7-3-4-8-17/h5-6,9-11,14-15,17,25H,3-4,7-8,12-13H2,1-2H3,(H,24,28). The van der Waals surface area contributed by atoms with Crippen LogP contribution in [-0.4, -0.2) is 50.5 Å². The van der Waals surface area contributed by atoms with Gasteiger partial charge < -0.3 is 14.6 Å².